The second kappa shape index (κ2) is 6.33. The van der Waals surface area contributed by atoms with E-state index in [9.17, 15) is 4.79 Å². The van der Waals surface area contributed by atoms with Gasteiger partial charge in [-0.2, -0.15) is 0 Å². The number of hydrogen-bond acceptors (Lipinski definition) is 6. The quantitative estimate of drug-likeness (QED) is 0.876. The monoisotopic (exact) mass is 331 g/mol. The van der Waals surface area contributed by atoms with Gasteiger partial charge in [0.1, 0.15) is 16.4 Å². The Morgan fingerprint density at radius 3 is 2.91 bits per heavy atom. The van der Waals surface area contributed by atoms with E-state index in [0.29, 0.717) is 21.5 Å². The molecule has 1 aromatic carbocycles. The second-order valence-electron chi connectivity index (χ2n) is 4.48. The van der Waals surface area contributed by atoms with Gasteiger partial charge in [0.15, 0.2) is 5.17 Å². The maximum atomic E-state index is 12.0. The summed E-state index contributed by atoms with van der Waals surface area (Å²) in [6.45, 7) is 1.93. The normalized spacial score (nSPS) is 18.0. The highest BCUT2D eigenvalue weighted by Gasteiger charge is 2.24. The molecular formula is C15H13N3O2S2. The van der Waals surface area contributed by atoms with E-state index in [-0.39, 0.29) is 5.91 Å². The summed E-state index contributed by atoms with van der Waals surface area (Å²) in [7, 11) is 1.59. The number of rotatable bonds is 3. The molecule has 5 nitrogen and oxygen atoms in total. The summed E-state index contributed by atoms with van der Waals surface area (Å²) in [4.78, 5) is 21.4. The summed E-state index contributed by atoms with van der Waals surface area (Å²) >= 11 is 2.81. The number of thioether (sulfide) groups is 1. The van der Waals surface area contributed by atoms with Gasteiger partial charge in [0.2, 0.25) is 0 Å². The molecule has 1 aliphatic rings. The molecule has 1 saturated heterocycles. The van der Waals surface area contributed by atoms with Crippen molar-refractivity contribution in [2.24, 2.45) is 4.99 Å². The fourth-order valence-corrected chi connectivity index (χ4v) is 3.47. The third-order valence-electron chi connectivity index (χ3n) is 2.85. The van der Waals surface area contributed by atoms with Gasteiger partial charge in [-0.15, -0.1) is 11.3 Å². The lowest BCUT2D eigenvalue weighted by Crippen LogP contribution is -2.19. The lowest BCUT2D eigenvalue weighted by molar-refractivity contribution is -0.115. The van der Waals surface area contributed by atoms with E-state index in [1.165, 1.54) is 23.1 Å². The number of amides is 1. The standard InChI is InChI=1S/C15H13N3O2S2/c1-9-8-21-13(16-9)7-12-14(19)18-15(22-12)17-10-5-3-4-6-11(10)20-2/h3-8H,1-2H3,(H,17,18,19)/b12-7-. The summed E-state index contributed by atoms with van der Waals surface area (Å²) in [5.74, 6) is 0.504. The topological polar surface area (TPSA) is 63.6 Å². The number of methoxy groups -OCH3 is 1. The zero-order valence-corrected chi connectivity index (χ0v) is 13.6. The predicted molar refractivity (Wildman–Crippen MR) is 90.7 cm³/mol. The van der Waals surface area contributed by atoms with Crippen LogP contribution in [0.2, 0.25) is 0 Å². The van der Waals surface area contributed by atoms with Crippen molar-refractivity contribution in [1.82, 2.24) is 10.3 Å². The van der Waals surface area contributed by atoms with E-state index in [1.54, 1.807) is 13.2 Å². The number of aryl methyl sites for hydroxylation is 1. The first kappa shape index (κ1) is 14.8. The number of aromatic nitrogens is 1. The minimum Gasteiger partial charge on any atom is -0.494 e. The lowest BCUT2D eigenvalue weighted by Gasteiger charge is -2.03. The van der Waals surface area contributed by atoms with Gasteiger partial charge in [-0.25, -0.2) is 9.98 Å². The molecule has 0 spiro atoms. The minimum atomic E-state index is -0.161. The molecule has 1 amide bonds. The molecule has 1 fully saturated rings. The molecule has 3 rings (SSSR count). The molecule has 1 aromatic heterocycles. The number of carbonyl (C=O) groups excluding carboxylic acids is 1. The Morgan fingerprint density at radius 2 is 2.18 bits per heavy atom. The maximum Gasteiger partial charge on any atom is 0.264 e. The zero-order chi connectivity index (χ0) is 15.5. The van der Waals surface area contributed by atoms with Gasteiger partial charge in [0.05, 0.1) is 12.0 Å². The van der Waals surface area contributed by atoms with Gasteiger partial charge in [0.25, 0.3) is 5.91 Å². The molecule has 0 bridgehead atoms. The third-order valence-corrected chi connectivity index (χ3v) is 4.67. The molecule has 7 heteroatoms. The van der Waals surface area contributed by atoms with Crippen molar-refractivity contribution in [2.45, 2.75) is 6.92 Å². The zero-order valence-electron chi connectivity index (χ0n) is 12.0. The number of hydrogen-bond donors (Lipinski definition) is 1. The van der Waals surface area contributed by atoms with Crippen LogP contribution in [0, 0.1) is 6.92 Å². The Bertz CT molecular complexity index is 781. The van der Waals surface area contributed by atoms with Crippen LogP contribution in [0.1, 0.15) is 10.7 Å². The van der Waals surface area contributed by atoms with Gasteiger partial charge in [-0.05, 0) is 36.9 Å². The first-order valence-electron chi connectivity index (χ1n) is 6.50. The van der Waals surface area contributed by atoms with Crippen molar-refractivity contribution in [1.29, 1.82) is 0 Å². The van der Waals surface area contributed by atoms with Crippen LogP contribution in [0.3, 0.4) is 0 Å². The molecule has 112 valence electrons. The molecule has 0 unspecified atom stereocenters. The van der Waals surface area contributed by atoms with Crippen molar-refractivity contribution in [3.63, 3.8) is 0 Å². The van der Waals surface area contributed by atoms with Crippen LogP contribution in [-0.4, -0.2) is 23.2 Å². The maximum absolute atomic E-state index is 12.0. The fourth-order valence-electron chi connectivity index (χ4n) is 1.86. The molecule has 0 aliphatic carbocycles. The number of ether oxygens (including phenoxy) is 1. The van der Waals surface area contributed by atoms with Crippen molar-refractivity contribution >= 4 is 45.9 Å². The van der Waals surface area contributed by atoms with Crippen molar-refractivity contribution < 1.29 is 9.53 Å². The molecule has 0 atom stereocenters. The fraction of sp³-hybridized carbons (Fsp3) is 0.133. The Morgan fingerprint density at radius 1 is 1.36 bits per heavy atom. The van der Waals surface area contributed by atoms with Gasteiger partial charge in [-0.3, -0.25) is 4.79 Å². The second-order valence-corrected chi connectivity index (χ2v) is 6.40. The summed E-state index contributed by atoms with van der Waals surface area (Å²) in [5, 5.41) is 6.06. The predicted octanol–water partition coefficient (Wildman–Crippen LogP) is 3.35. The number of carbonyl (C=O) groups is 1. The summed E-state index contributed by atoms with van der Waals surface area (Å²) in [6.07, 6.45) is 1.78. The number of aliphatic imine (C=N–C) groups is 1. The Hall–Kier alpha value is -2.12. The smallest absolute Gasteiger partial charge is 0.264 e. The summed E-state index contributed by atoms with van der Waals surface area (Å²) in [6, 6.07) is 7.41. The van der Waals surface area contributed by atoms with Gasteiger partial charge >= 0.3 is 0 Å². The molecule has 0 radical (unpaired) electrons. The average Bonchev–Trinajstić information content (AvgIpc) is 3.06. The van der Waals surface area contributed by atoms with E-state index in [4.69, 9.17) is 4.74 Å². The van der Waals surface area contributed by atoms with E-state index < -0.39 is 0 Å². The van der Waals surface area contributed by atoms with Crippen LogP contribution in [0.5, 0.6) is 5.75 Å². The van der Waals surface area contributed by atoms with Crippen LogP contribution >= 0.6 is 23.1 Å². The Balaban J connectivity index is 1.85. The Kier molecular flexibility index (Phi) is 4.26. The third kappa shape index (κ3) is 3.20. The van der Waals surface area contributed by atoms with Crippen LogP contribution in [0.4, 0.5) is 5.69 Å². The SMILES string of the molecule is COc1ccccc1N=C1NC(=O)/C(=C/c2nc(C)cs2)S1. The van der Waals surface area contributed by atoms with Gasteiger partial charge < -0.3 is 10.1 Å². The molecule has 1 aliphatic heterocycles. The number of nitrogens with zero attached hydrogens (tertiary/aromatic N) is 2. The molecule has 1 N–H and O–H groups in total. The number of nitrogens with one attached hydrogen (secondary N) is 1. The van der Waals surface area contributed by atoms with Crippen molar-refractivity contribution in [2.75, 3.05) is 7.11 Å². The molecule has 0 saturated carbocycles. The number of para-hydroxylation sites is 2. The van der Waals surface area contributed by atoms with E-state index in [0.717, 1.165) is 10.7 Å². The van der Waals surface area contributed by atoms with Gasteiger partial charge in [-0.1, -0.05) is 12.1 Å². The number of benzene rings is 1. The molecule has 2 heterocycles. The van der Waals surface area contributed by atoms with Crippen LogP contribution < -0.4 is 10.1 Å². The number of thiazole rings is 1. The summed E-state index contributed by atoms with van der Waals surface area (Å²) < 4.78 is 5.26. The van der Waals surface area contributed by atoms with Crippen molar-refractivity contribution in [3.05, 3.63) is 45.3 Å². The first-order valence-corrected chi connectivity index (χ1v) is 8.20. The van der Waals surface area contributed by atoms with Gasteiger partial charge in [0, 0.05) is 11.1 Å². The van der Waals surface area contributed by atoms with Crippen LogP contribution in [0.15, 0.2) is 39.5 Å². The average molecular weight is 331 g/mol. The molecule has 22 heavy (non-hydrogen) atoms. The molecular weight excluding hydrogens is 318 g/mol. The van der Waals surface area contributed by atoms with E-state index >= 15 is 0 Å². The lowest BCUT2D eigenvalue weighted by atomic mass is 10.3. The van der Waals surface area contributed by atoms with Crippen LogP contribution in [0.25, 0.3) is 6.08 Å². The van der Waals surface area contributed by atoms with Crippen molar-refractivity contribution in [3.8, 4) is 5.75 Å². The summed E-state index contributed by atoms with van der Waals surface area (Å²) in [5.41, 5.74) is 1.63. The molecule has 2 aromatic rings. The largest absolute Gasteiger partial charge is 0.494 e. The Labute approximate surface area is 136 Å². The highest BCUT2D eigenvalue weighted by atomic mass is 32.2. The highest BCUT2D eigenvalue weighted by molar-refractivity contribution is 8.18. The first-order chi connectivity index (χ1) is 10.7. The minimum absolute atomic E-state index is 0.161. The van der Waals surface area contributed by atoms with E-state index in [2.05, 4.69) is 15.3 Å². The number of amidine groups is 1. The van der Waals surface area contributed by atoms with Crippen LogP contribution in [-0.2, 0) is 4.79 Å². The highest BCUT2D eigenvalue weighted by Crippen LogP contribution is 2.32. The van der Waals surface area contributed by atoms with E-state index in [1.807, 2.05) is 36.6 Å².